The minimum Gasteiger partial charge on any atom is -0.504 e. The second kappa shape index (κ2) is 7.45. The van der Waals surface area contributed by atoms with E-state index >= 15 is 0 Å². The molecule has 0 spiro atoms. The summed E-state index contributed by atoms with van der Waals surface area (Å²) >= 11 is 0. The number of rotatable bonds is 5. The molecule has 25 heavy (non-hydrogen) atoms. The van der Waals surface area contributed by atoms with Gasteiger partial charge in [0.25, 0.3) is 0 Å². The number of para-hydroxylation sites is 1. The number of phenolic OH excluding ortho intramolecular Hbond substituents is 1. The Hall–Kier alpha value is -3.40. The number of nitrogens with zero attached hydrogens (tertiary/aromatic N) is 1. The van der Waals surface area contributed by atoms with Crippen LogP contribution in [0, 0.1) is 0 Å². The number of ketones is 1. The van der Waals surface area contributed by atoms with Crippen molar-refractivity contribution in [1.82, 2.24) is 4.98 Å². The highest BCUT2D eigenvalue weighted by Crippen LogP contribution is 2.26. The number of hydrogen-bond acceptors (Lipinski definition) is 4. The van der Waals surface area contributed by atoms with Crippen LogP contribution >= 0.6 is 0 Å². The van der Waals surface area contributed by atoms with E-state index in [1.54, 1.807) is 30.5 Å². The van der Waals surface area contributed by atoms with Crippen molar-refractivity contribution in [2.24, 2.45) is 0 Å². The first kappa shape index (κ1) is 16.5. The molecule has 2 aromatic carbocycles. The van der Waals surface area contributed by atoms with Gasteiger partial charge in [0, 0.05) is 11.6 Å². The zero-order chi connectivity index (χ0) is 17.6. The van der Waals surface area contributed by atoms with Crippen LogP contribution in [0.2, 0.25) is 0 Å². The highest BCUT2D eigenvalue weighted by molar-refractivity contribution is 6.04. The van der Waals surface area contributed by atoms with Crippen molar-refractivity contribution in [3.05, 3.63) is 78.0 Å². The van der Waals surface area contributed by atoms with Crippen LogP contribution in [0.1, 0.15) is 11.1 Å². The van der Waals surface area contributed by atoms with Gasteiger partial charge in [0.05, 0.1) is 12.6 Å². The number of fused-ring (bicyclic) bond motifs is 1. The van der Waals surface area contributed by atoms with Crippen LogP contribution in [-0.2, 0) is 4.79 Å². The molecule has 3 aromatic rings. The summed E-state index contributed by atoms with van der Waals surface area (Å²) in [5.74, 6) is 0.294. The van der Waals surface area contributed by atoms with Gasteiger partial charge in [-0.3, -0.25) is 9.78 Å². The van der Waals surface area contributed by atoms with Crippen molar-refractivity contribution >= 4 is 28.8 Å². The molecule has 0 atom stereocenters. The van der Waals surface area contributed by atoms with E-state index in [1.165, 1.54) is 25.3 Å². The maximum Gasteiger partial charge on any atom is 0.178 e. The van der Waals surface area contributed by atoms with Gasteiger partial charge in [0.15, 0.2) is 17.3 Å². The molecule has 1 aromatic heterocycles. The number of hydrogen-bond donors (Lipinski definition) is 1. The predicted molar refractivity (Wildman–Crippen MR) is 99.5 cm³/mol. The van der Waals surface area contributed by atoms with Crippen LogP contribution in [-0.4, -0.2) is 23.0 Å². The molecule has 0 aliphatic carbocycles. The van der Waals surface area contributed by atoms with E-state index in [0.717, 1.165) is 22.0 Å². The Kier molecular flexibility index (Phi) is 4.90. The van der Waals surface area contributed by atoms with Crippen LogP contribution < -0.4 is 4.74 Å². The second-order valence-electron chi connectivity index (χ2n) is 5.46. The standard InChI is InChI=1S/C21H17NO3/c1-25-21-13-15(8-11-20(21)24)6-9-18(23)10-7-16-12-17-4-2-3-5-19(17)22-14-16/h2-14,24H,1H3. The average molecular weight is 331 g/mol. The number of aromatic nitrogens is 1. The van der Waals surface area contributed by atoms with Gasteiger partial charge in [-0.05, 0) is 53.6 Å². The van der Waals surface area contributed by atoms with Crippen molar-refractivity contribution in [3.63, 3.8) is 0 Å². The smallest absolute Gasteiger partial charge is 0.178 e. The van der Waals surface area contributed by atoms with E-state index in [2.05, 4.69) is 4.98 Å². The van der Waals surface area contributed by atoms with Crippen molar-refractivity contribution < 1.29 is 14.6 Å². The third-order valence-corrected chi connectivity index (χ3v) is 3.70. The lowest BCUT2D eigenvalue weighted by Crippen LogP contribution is -1.87. The van der Waals surface area contributed by atoms with Gasteiger partial charge in [-0.2, -0.15) is 0 Å². The maximum atomic E-state index is 12.0. The Balaban J connectivity index is 1.71. The summed E-state index contributed by atoms with van der Waals surface area (Å²) in [5.41, 5.74) is 2.56. The third kappa shape index (κ3) is 4.12. The normalized spacial score (nSPS) is 11.4. The number of aromatic hydroxyl groups is 1. The lowest BCUT2D eigenvalue weighted by atomic mass is 10.1. The molecule has 0 radical (unpaired) electrons. The number of methoxy groups -OCH3 is 1. The summed E-state index contributed by atoms with van der Waals surface area (Å²) in [7, 11) is 1.48. The van der Waals surface area contributed by atoms with E-state index in [4.69, 9.17) is 4.74 Å². The zero-order valence-corrected chi connectivity index (χ0v) is 13.7. The van der Waals surface area contributed by atoms with Gasteiger partial charge in [0.2, 0.25) is 0 Å². The molecule has 0 unspecified atom stereocenters. The molecule has 124 valence electrons. The fraction of sp³-hybridized carbons (Fsp3) is 0.0476. The van der Waals surface area contributed by atoms with E-state index in [1.807, 2.05) is 30.3 Å². The number of pyridine rings is 1. The molecule has 0 fully saturated rings. The van der Waals surface area contributed by atoms with E-state index in [-0.39, 0.29) is 11.5 Å². The van der Waals surface area contributed by atoms with E-state index in [0.29, 0.717) is 5.75 Å². The molecule has 0 aliphatic rings. The average Bonchev–Trinajstić information content (AvgIpc) is 2.65. The van der Waals surface area contributed by atoms with Gasteiger partial charge in [0.1, 0.15) is 0 Å². The summed E-state index contributed by atoms with van der Waals surface area (Å²) in [5, 5.41) is 10.6. The Morgan fingerprint density at radius 1 is 1.04 bits per heavy atom. The van der Waals surface area contributed by atoms with Crippen LogP contribution in [0.25, 0.3) is 23.1 Å². The van der Waals surface area contributed by atoms with Gasteiger partial charge >= 0.3 is 0 Å². The van der Waals surface area contributed by atoms with Crippen LogP contribution in [0.5, 0.6) is 11.5 Å². The van der Waals surface area contributed by atoms with E-state index < -0.39 is 0 Å². The van der Waals surface area contributed by atoms with Gasteiger partial charge in [-0.1, -0.05) is 30.3 Å². The molecule has 1 N–H and O–H groups in total. The van der Waals surface area contributed by atoms with E-state index in [9.17, 15) is 9.90 Å². The van der Waals surface area contributed by atoms with Gasteiger partial charge < -0.3 is 9.84 Å². The van der Waals surface area contributed by atoms with Gasteiger partial charge in [-0.25, -0.2) is 0 Å². The molecule has 0 saturated heterocycles. The molecule has 0 saturated carbocycles. The fourth-order valence-corrected chi connectivity index (χ4v) is 2.39. The molecule has 0 amide bonds. The number of benzene rings is 2. The SMILES string of the molecule is COc1cc(C=CC(=O)C=Cc2cnc3ccccc3c2)ccc1O. The van der Waals surface area contributed by atoms with Gasteiger partial charge in [-0.15, -0.1) is 0 Å². The molecule has 1 heterocycles. The van der Waals surface area contributed by atoms with Crippen LogP contribution in [0.15, 0.2) is 66.9 Å². The summed E-state index contributed by atoms with van der Waals surface area (Å²) in [4.78, 5) is 16.4. The number of allylic oxidation sites excluding steroid dienone is 2. The lowest BCUT2D eigenvalue weighted by molar-refractivity contribution is -0.110. The largest absolute Gasteiger partial charge is 0.504 e. The maximum absolute atomic E-state index is 12.0. The summed E-state index contributed by atoms with van der Waals surface area (Å²) in [6, 6.07) is 14.7. The van der Waals surface area contributed by atoms with Crippen LogP contribution in [0.4, 0.5) is 0 Å². The monoisotopic (exact) mass is 331 g/mol. The number of ether oxygens (including phenoxy) is 1. The molecular formula is C21H17NO3. The van der Waals surface area contributed by atoms with Crippen molar-refractivity contribution in [2.75, 3.05) is 7.11 Å². The first-order valence-corrected chi connectivity index (χ1v) is 7.77. The highest BCUT2D eigenvalue weighted by Gasteiger charge is 2.01. The Morgan fingerprint density at radius 3 is 2.60 bits per heavy atom. The number of phenols is 1. The number of carbonyl (C=O) groups excluding carboxylic acids is 1. The minimum absolute atomic E-state index is 0.0645. The van der Waals surface area contributed by atoms with Crippen molar-refractivity contribution in [2.45, 2.75) is 0 Å². The summed E-state index contributed by atoms with van der Waals surface area (Å²) in [6.07, 6.45) is 8.12. The molecule has 0 aliphatic heterocycles. The Labute approximate surface area is 145 Å². The van der Waals surface area contributed by atoms with Crippen LogP contribution in [0.3, 0.4) is 0 Å². The first-order valence-electron chi connectivity index (χ1n) is 7.77. The molecule has 0 bridgehead atoms. The Morgan fingerprint density at radius 2 is 1.80 bits per heavy atom. The molecular weight excluding hydrogens is 314 g/mol. The molecule has 4 nitrogen and oxygen atoms in total. The summed E-state index contributed by atoms with van der Waals surface area (Å²) < 4.78 is 5.04. The summed E-state index contributed by atoms with van der Waals surface area (Å²) in [6.45, 7) is 0. The topological polar surface area (TPSA) is 59.4 Å². The number of carbonyl (C=O) groups is 1. The van der Waals surface area contributed by atoms with Crippen molar-refractivity contribution in [3.8, 4) is 11.5 Å². The van der Waals surface area contributed by atoms with Crippen molar-refractivity contribution in [1.29, 1.82) is 0 Å². The molecule has 3 rings (SSSR count). The Bertz CT molecular complexity index is 974. The second-order valence-corrected chi connectivity index (χ2v) is 5.46. The zero-order valence-electron chi connectivity index (χ0n) is 13.7. The molecule has 4 heteroatoms. The third-order valence-electron chi connectivity index (χ3n) is 3.70. The lowest BCUT2D eigenvalue weighted by Gasteiger charge is -2.03. The minimum atomic E-state index is -0.139. The predicted octanol–water partition coefficient (Wildman–Crippen LogP) is 4.24. The quantitative estimate of drug-likeness (QED) is 0.710. The fourth-order valence-electron chi connectivity index (χ4n) is 2.39. The first-order chi connectivity index (χ1) is 12.2. The highest BCUT2D eigenvalue weighted by atomic mass is 16.5.